The summed E-state index contributed by atoms with van der Waals surface area (Å²) in [5.41, 5.74) is 2.08. The lowest BCUT2D eigenvalue weighted by atomic mass is 9.98. The SMILES string of the molecule is CC1(C)CC(S(=O)(=O)CC(=O)c2ccc(N3C(=O)[C@@H]4C[C@H]3C[C@H]4OCc3c(-c4c(Cl)cccc4Cl)noc3C3CC3)cn2)CCO1. The van der Waals surface area contributed by atoms with Gasteiger partial charge in [-0.15, -0.1) is 0 Å². The molecule has 7 rings (SSSR count). The van der Waals surface area contributed by atoms with Gasteiger partial charge in [-0.05, 0) is 76.6 Å². The number of aromatic nitrogens is 2. The Balaban J connectivity index is 1.00. The van der Waals surface area contributed by atoms with Gasteiger partial charge in [0.25, 0.3) is 0 Å². The standard InChI is InChI=1S/C33H35Cl2N3O7S/c1-33(2)14-21(10-11-44-33)46(41,42)17-27(39)26-9-8-19(15-36-26)38-20-12-22(32(38)40)28(13-20)43-16-23-30(37-45-31(23)18-6-7-18)29-24(34)4-3-5-25(29)35/h3-5,8-9,15,18,20-22,28H,6-7,10-14,16-17H2,1-2H3/t20-,21?,22+,28+/m0/s1. The van der Waals surface area contributed by atoms with Crippen LogP contribution in [0.25, 0.3) is 11.3 Å². The van der Waals surface area contributed by atoms with Gasteiger partial charge in [0.05, 0.1) is 51.4 Å². The lowest BCUT2D eigenvalue weighted by Gasteiger charge is -2.35. The van der Waals surface area contributed by atoms with Crippen LogP contribution in [0, 0.1) is 5.92 Å². The molecule has 46 heavy (non-hydrogen) atoms. The predicted octanol–water partition coefficient (Wildman–Crippen LogP) is 6.19. The molecule has 1 aromatic carbocycles. The van der Waals surface area contributed by atoms with E-state index in [0.29, 0.717) is 59.3 Å². The topological polar surface area (TPSA) is 129 Å². The largest absolute Gasteiger partial charge is 0.375 e. The number of benzene rings is 1. The van der Waals surface area contributed by atoms with Gasteiger partial charge in [-0.1, -0.05) is 34.4 Å². The monoisotopic (exact) mass is 687 g/mol. The second kappa shape index (κ2) is 12.0. The van der Waals surface area contributed by atoms with E-state index in [-0.39, 0.29) is 42.2 Å². The maximum absolute atomic E-state index is 13.5. The molecule has 4 aliphatic rings. The van der Waals surface area contributed by atoms with Gasteiger partial charge in [-0.3, -0.25) is 14.6 Å². The highest BCUT2D eigenvalue weighted by molar-refractivity contribution is 7.92. The van der Waals surface area contributed by atoms with E-state index in [1.807, 2.05) is 13.8 Å². The van der Waals surface area contributed by atoms with Crippen LogP contribution in [0.3, 0.4) is 0 Å². The van der Waals surface area contributed by atoms with E-state index in [4.69, 9.17) is 37.2 Å². The Morgan fingerprint density at radius 2 is 1.87 bits per heavy atom. The van der Waals surface area contributed by atoms with Crippen LogP contribution in [0.15, 0.2) is 41.1 Å². The van der Waals surface area contributed by atoms with Crippen molar-refractivity contribution in [1.82, 2.24) is 10.1 Å². The smallest absolute Gasteiger partial charge is 0.233 e. The minimum absolute atomic E-state index is 0.0612. The molecule has 2 aliphatic heterocycles. The number of nitrogens with zero attached hydrogens (tertiary/aromatic N) is 3. The summed E-state index contributed by atoms with van der Waals surface area (Å²) in [6.07, 6.45) is 5.23. The zero-order valence-electron chi connectivity index (χ0n) is 25.6. The number of rotatable bonds is 10. The zero-order valence-corrected chi connectivity index (χ0v) is 27.9. The molecule has 1 amide bonds. The van der Waals surface area contributed by atoms with E-state index >= 15 is 0 Å². The molecule has 1 unspecified atom stereocenters. The summed E-state index contributed by atoms with van der Waals surface area (Å²) in [6.45, 7) is 4.28. The minimum Gasteiger partial charge on any atom is -0.375 e. The number of Topliss-reactive ketones (excluding diaryl/α,β-unsaturated/α-hetero) is 1. The first-order valence-corrected chi connectivity index (χ1v) is 18.1. The number of sulfone groups is 1. The number of pyridine rings is 1. The van der Waals surface area contributed by atoms with Gasteiger partial charge in [0.1, 0.15) is 22.9 Å². The normalized spacial score (nSPS) is 25.7. The van der Waals surface area contributed by atoms with E-state index in [1.165, 1.54) is 12.3 Å². The van der Waals surface area contributed by atoms with Crippen LogP contribution in [-0.2, 0) is 30.7 Å². The Morgan fingerprint density at radius 3 is 2.52 bits per heavy atom. The maximum atomic E-state index is 13.5. The number of ether oxygens (including phenoxy) is 2. The molecular formula is C33H35Cl2N3O7S. The molecule has 2 aromatic heterocycles. The molecule has 10 nitrogen and oxygen atoms in total. The first kappa shape index (κ1) is 31.8. The van der Waals surface area contributed by atoms with Crippen LogP contribution < -0.4 is 4.90 Å². The van der Waals surface area contributed by atoms with Crippen molar-refractivity contribution in [2.24, 2.45) is 5.92 Å². The van der Waals surface area contributed by atoms with Crippen LogP contribution in [0.1, 0.15) is 80.1 Å². The maximum Gasteiger partial charge on any atom is 0.233 e. The Hall–Kier alpha value is -2.83. The van der Waals surface area contributed by atoms with Crippen molar-refractivity contribution in [3.05, 3.63) is 63.6 Å². The fourth-order valence-corrected chi connectivity index (χ4v) is 9.55. The third kappa shape index (κ3) is 6.01. The van der Waals surface area contributed by atoms with Gasteiger partial charge in [0.2, 0.25) is 5.91 Å². The highest BCUT2D eigenvalue weighted by Crippen LogP contribution is 2.47. The molecule has 4 atom stereocenters. The van der Waals surface area contributed by atoms with Gasteiger partial charge in [-0.25, -0.2) is 8.42 Å². The molecule has 244 valence electrons. The average molecular weight is 689 g/mol. The molecule has 2 aliphatic carbocycles. The molecule has 0 radical (unpaired) electrons. The summed E-state index contributed by atoms with van der Waals surface area (Å²) in [7, 11) is -3.67. The second-order valence-corrected chi connectivity index (χ2v) is 16.5. The quantitative estimate of drug-likeness (QED) is 0.229. The van der Waals surface area contributed by atoms with Crippen LogP contribution in [0.4, 0.5) is 5.69 Å². The predicted molar refractivity (Wildman–Crippen MR) is 172 cm³/mol. The third-order valence-electron chi connectivity index (χ3n) is 9.61. The Morgan fingerprint density at radius 1 is 1.11 bits per heavy atom. The number of hydrogen-bond donors (Lipinski definition) is 0. The fourth-order valence-electron chi connectivity index (χ4n) is 7.11. The molecule has 4 heterocycles. The van der Waals surface area contributed by atoms with Crippen molar-refractivity contribution < 1.29 is 32.0 Å². The molecule has 2 bridgehead atoms. The summed E-state index contributed by atoms with van der Waals surface area (Å²) >= 11 is 13.0. The van der Waals surface area contributed by atoms with E-state index in [9.17, 15) is 18.0 Å². The Labute approximate surface area is 277 Å². The van der Waals surface area contributed by atoms with Crippen molar-refractivity contribution in [3.8, 4) is 11.3 Å². The number of piperidine rings is 1. The minimum atomic E-state index is -3.67. The number of hydrogen-bond acceptors (Lipinski definition) is 9. The number of ketones is 1. The number of anilines is 1. The highest BCUT2D eigenvalue weighted by atomic mass is 35.5. The van der Waals surface area contributed by atoms with Crippen molar-refractivity contribution in [2.75, 3.05) is 17.3 Å². The lowest BCUT2D eigenvalue weighted by molar-refractivity contribution is -0.126. The molecule has 0 N–H and O–H groups in total. The highest BCUT2D eigenvalue weighted by Gasteiger charge is 2.52. The Kier molecular flexibility index (Phi) is 8.29. The van der Waals surface area contributed by atoms with Gasteiger partial charge in [-0.2, -0.15) is 0 Å². The van der Waals surface area contributed by atoms with Gasteiger partial charge < -0.3 is 18.9 Å². The molecule has 0 spiro atoms. The summed E-state index contributed by atoms with van der Waals surface area (Å²) in [6, 6.07) is 8.38. The van der Waals surface area contributed by atoms with Crippen LogP contribution in [0.5, 0.6) is 0 Å². The van der Waals surface area contributed by atoms with E-state index in [2.05, 4.69) is 10.1 Å². The summed E-state index contributed by atoms with van der Waals surface area (Å²) in [5.74, 6) is -0.478. The van der Waals surface area contributed by atoms with Gasteiger partial charge in [0, 0.05) is 29.7 Å². The van der Waals surface area contributed by atoms with Crippen molar-refractivity contribution in [1.29, 1.82) is 0 Å². The summed E-state index contributed by atoms with van der Waals surface area (Å²) in [5, 5.41) is 4.65. The van der Waals surface area contributed by atoms with Gasteiger partial charge >= 0.3 is 0 Å². The number of carbonyl (C=O) groups is 2. The third-order valence-corrected chi connectivity index (χ3v) is 12.3. The van der Waals surface area contributed by atoms with Crippen molar-refractivity contribution in [2.45, 2.75) is 87.9 Å². The van der Waals surface area contributed by atoms with Crippen molar-refractivity contribution >= 4 is 50.4 Å². The molecule has 2 saturated heterocycles. The average Bonchev–Trinajstić information content (AvgIpc) is 3.51. The van der Waals surface area contributed by atoms with Crippen LogP contribution in [0.2, 0.25) is 10.0 Å². The van der Waals surface area contributed by atoms with E-state index in [0.717, 1.165) is 24.2 Å². The zero-order chi connectivity index (χ0) is 32.4. The van der Waals surface area contributed by atoms with E-state index in [1.54, 1.807) is 29.2 Å². The molecular weight excluding hydrogens is 653 g/mol. The van der Waals surface area contributed by atoms with Crippen LogP contribution >= 0.6 is 23.2 Å². The summed E-state index contributed by atoms with van der Waals surface area (Å²) < 4.78 is 43.8. The number of fused-ring (bicyclic) bond motifs is 2. The lowest BCUT2D eigenvalue weighted by Crippen LogP contribution is -2.43. The van der Waals surface area contributed by atoms with E-state index < -0.39 is 32.2 Å². The number of carbonyl (C=O) groups excluding carboxylic acids is 2. The first-order chi connectivity index (χ1) is 21.9. The van der Waals surface area contributed by atoms with Gasteiger partial charge in [0.15, 0.2) is 15.6 Å². The summed E-state index contributed by atoms with van der Waals surface area (Å²) in [4.78, 5) is 32.4. The van der Waals surface area contributed by atoms with Crippen LogP contribution in [-0.4, -0.2) is 65.6 Å². The molecule has 4 fully saturated rings. The number of amides is 1. The molecule has 3 aromatic rings. The fraction of sp³-hybridized carbons (Fsp3) is 0.515. The Bertz CT molecular complexity index is 1770. The number of halogens is 2. The molecule has 2 saturated carbocycles. The first-order valence-electron chi connectivity index (χ1n) is 15.6. The second-order valence-electron chi connectivity index (χ2n) is 13.4. The molecule has 13 heteroatoms. The van der Waals surface area contributed by atoms with Crippen molar-refractivity contribution in [3.63, 3.8) is 0 Å².